The number of benzene rings is 1. The van der Waals surface area contributed by atoms with Gasteiger partial charge in [-0.15, -0.1) is 24.0 Å². The lowest BCUT2D eigenvalue weighted by Crippen LogP contribution is -2.54. The Morgan fingerprint density at radius 2 is 1.97 bits per heavy atom. The summed E-state index contributed by atoms with van der Waals surface area (Å²) in [7, 11) is 0. The van der Waals surface area contributed by atoms with Crippen molar-refractivity contribution in [2.45, 2.75) is 38.8 Å². The molecule has 1 heterocycles. The SMILES string of the molecule is CCNC(=NCC(C)Oc1ccccc1Cl)N1CCN(CC(=O)NC2CC2)CC1.I. The van der Waals surface area contributed by atoms with Crippen LogP contribution in [0.4, 0.5) is 0 Å². The van der Waals surface area contributed by atoms with Gasteiger partial charge in [-0.2, -0.15) is 0 Å². The van der Waals surface area contributed by atoms with Gasteiger partial charge in [0.15, 0.2) is 5.96 Å². The number of nitrogens with one attached hydrogen (secondary N) is 2. The number of para-hydroxylation sites is 1. The molecule has 1 saturated carbocycles. The van der Waals surface area contributed by atoms with E-state index in [-0.39, 0.29) is 36.0 Å². The lowest BCUT2D eigenvalue weighted by molar-refractivity contribution is -0.122. The molecule has 1 aliphatic heterocycles. The van der Waals surface area contributed by atoms with Gasteiger partial charge in [-0.05, 0) is 38.8 Å². The average Bonchev–Trinajstić information content (AvgIpc) is 3.51. The summed E-state index contributed by atoms with van der Waals surface area (Å²) in [4.78, 5) is 21.2. The fraction of sp³-hybridized carbons (Fsp3) is 0.619. The van der Waals surface area contributed by atoms with E-state index in [1.54, 1.807) is 0 Å². The maximum atomic E-state index is 12.0. The van der Waals surface area contributed by atoms with Crippen LogP contribution in [-0.4, -0.2) is 79.6 Å². The standard InChI is InChI=1S/C21H32ClN5O2.HI/c1-3-23-21(24-14-16(2)29-19-7-5-4-6-18(19)22)27-12-10-26(11-13-27)15-20(28)25-17-8-9-17;/h4-7,16-17H,3,8-15H2,1-2H3,(H,23,24)(H,25,28);1H. The number of hydrogen-bond donors (Lipinski definition) is 2. The number of aliphatic imine (C=N–C) groups is 1. The summed E-state index contributed by atoms with van der Waals surface area (Å²) in [5, 5.41) is 7.04. The second kappa shape index (κ2) is 12.6. The molecule has 1 atom stereocenters. The van der Waals surface area contributed by atoms with Crippen LogP contribution in [0.2, 0.25) is 5.02 Å². The molecule has 0 radical (unpaired) electrons. The summed E-state index contributed by atoms with van der Waals surface area (Å²) in [6, 6.07) is 7.90. The summed E-state index contributed by atoms with van der Waals surface area (Å²) in [6.07, 6.45) is 2.16. The molecular formula is C21H33ClIN5O2. The molecule has 168 valence electrons. The Morgan fingerprint density at radius 3 is 2.60 bits per heavy atom. The first-order valence-electron chi connectivity index (χ1n) is 10.5. The van der Waals surface area contributed by atoms with Gasteiger partial charge in [0.1, 0.15) is 11.9 Å². The molecule has 0 aromatic heterocycles. The first kappa shape index (κ1) is 25.0. The zero-order valence-corrected chi connectivity index (χ0v) is 20.9. The second-order valence-electron chi connectivity index (χ2n) is 7.66. The highest BCUT2D eigenvalue weighted by atomic mass is 127. The molecule has 1 amide bonds. The summed E-state index contributed by atoms with van der Waals surface area (Å²) in [6.45, 7) is 9.30. The van der Waals surface area contributed by atoms with Gasteiger partial charge in [0.25, 0.3) is 0 Å². The van der Waals surface area contributed by atoms with Crippen molar-refractivity contribution < 1.29 is 9.53 Å². The lowest BCUT2D eigenvalue weighted by Gasteiger charge is -2.36. The summed E-state index contributed by atoms with van der Waals surface area (Å²) < 4.78 is 5.92. The van der Waals surface area contributed by atoms with Crippen molar-refractivity contribution in [1.82, 2.24) is 20.4 Å². The first-order chi connectivity index (χ1) is 14.0. The van der Waals surface area contributed by atoms with Crippen molar-refractivity contribution in [2.75, 3.05) is 45.8 Å². The third-order valence-electron chi connectivity index (χ3n) is 4.98. The third-order valence-corrected chi connectivity index (χ3v) is 5.29. The molecule has 2 fully saturated rings. The summed E-state index contributed by atoms with van der Waals surface area (Å²) >= 11 is 6.17. The van der Waals surface area contributed by atoms with E-state index in [1.165, 1.54) is 0 Å². The van der Waals surface area contributed by atoms with Crippen LogP contribution >= 0.6 is 35.6 Å². The van der Waals surface area contributed by atoms with E-state index in [0.717, 1.165) is 51.5 Å². The van der Waals surface area contributed by atoms with Gasteiger partial charge in [-0.25, -0.2) is 4.99 Å². The van der Waals surface area contributed by atoms with Crippen LogP contribution in [0.3, 0.4) is 0 Å². The largest absolute Gasteiger partial charge is 0.487 e. The Labute approximate surface area is 201 Å². The summed E-state index contributed by atoms with van der Waals surface area (Å²) in [5.41, 5.74) is 0. The number of halogens is 2. The van der Waals surface area contributed by atoms with Crippen LogP contribution in [0, 0.1) is 0 Å². The number of rotatable bonds is 8. The second-order valence-corrected chi connectivity index (χ2v) is 8.07. The molecule has 2 aliphatic rings. The molecule has 0 bridgehead atoms. The number of nitrogens with zero attached hydrogens (tertiary/aromatic N) is 3. The highest BCUT2D eigenvalue weighted by Gasteiger charge is 2.26. The van der Waals surface area contributed by atoms with E-state index >= 15 is 0 Å². The Balaban J connectivity index is 0.00000320. The van der Waals surface area contributed by atoms with E-state index in [4.69, 9.17) is 21.3 Å². The van der Waals surface area contributed by atoms with Crippen LogP contribution in [0.15, 0.2) is 29.3 Å². The quantitative estimate of drug-likeness (QED) is 0.296. The minimum atomic E-state index is -0.0871. The maximum Gasteiger partial charge on any atom is 0.234 e. The van der Waals surface area contributed by atoms with E-state index in [0.29, 0.717) is 29.9 Å². The van der Waals surface area contributed by atoms with E-state index in [2.05, 4.69) is 27.4 Å². The Hall–Kier alpha value is -1.26. The Bertz CT molecular complexity index is 708. The Morgan fingerprint density at radius 1 is 1.27 bits per heavy atom. The molecule has 1 saturated heterocycles. The maximum absolute atomic E-state index is 12.0. The van der Waals surface area contributed by atoms with E-state index in [1.807, 2.05) is 31.2 Å². The molecule has 30 heavy (non-hydrogen) atoms. The molecule has 7 nitrogen and oxygen atoms in total. The van der Waals surface area contributed by atoms with Crippen LogP contribution in [-0.2, 0) is 4.79 Å². The van der Waals surface area contributed by atoms with Crippen molar-refractivity contribution >= 4 is 47.4 Å². The zero-order valence-electron chi connectivity index (χ0n) is 17.8. The molecule has 1 aromatic rings. The molecule has 1 unspecified atom stereocenters. The Kier molecular flexibility index (Phi) is 10.5. The highest BCUT2D eigenvalue weighted by molar-refractivity contribution is 14.0. The van der Waals surface area contributed by atoms with Gasteiger partial charge >= 0.3 is 0 Å². The number of guanidine groups is 1. The van der Waals surface area contributed by atoms with Crippen molar-refractivity contribution in [3.05, 3.63) is 29.3 Å². The number of amides is 1. The van der Waals surface area contributed by atoms with Gasteiger partial charge in [0.05, 0.1) is 18.1 Å². The number of hydrogen-bond acceptors (Lipinski definition) is 4. The number of piperazine rings is 1. The van der Waals surface area contributed by atoms with Crippen LogP contribution in [0.25, 0.3) is 0 Å². The number of carbonyl (C=O) groups is 1. The van der Waals surface area contributed by atoms with Gasteiger partial charge in [0, 0.05) is 38.8 Å². The molecule has 3 rings (SSSR count). The van der Waals surface area contributed by atoms with Crippen molar-refractivity contribution in [3.63, 3.8) is 0 Å². The van der Waals surface area contributed by atoms with Crippen molar-refractivity contribution in [2.24, 2.45) is 4.99 Å². The van der Waals surface area contributed by atoms with Crippen LogP contribution < -0.4 is 15.4 Å². The average molecular weight is 550 g/mol. The fourth-order valence-corrected chi connectivity index (χ4v) is 3.44. The van der Waals surface area contributed by atoms with Crippen molar-refractivity contribution in [1.29, 1.82) is 0 Å². The predicted octanol–water partition coefficient (Wildman–Crippen LogP) is 2.59. The molecule has 0 spiro atoms. The van der Waals surface area contributed by atoms with Crippen LogP contribution in [0.5, 0.6) is 5.75 Å². The lowest BCUT2D eigenvalue weighted by atomic mass is 10.3. The van der Waals surface area contributed by atoms with Gasteiger partial charge < -0.3 is 20.3 Å². The normalized spacial score (nSPS) is 18.4. The fourth-order valence-electron chi connectivity index (χ4n) is 3.26. The van der Waals surface area contributed by atoms with Gasteiger partial charge in [0.2, 0.25) is 5.91 Å². The zero-order chi connectivity index (χ0) is 20.6. The van der Waals surface area contributed by atoms with Gasteiger partial charge in [-0.1, -0.05) is 23.7 Å². The highest BCUT2D eigenvalue weighted by Crippen LogP contribution is 2.24. The molecule has 1 aromatic carbocycles. The van der Waals surface area contributed by atoms with E-state index < -0.39 is 0 Å². The smallest absolute Gasteiger partial charge is 0.234 e. The minimum absolute atomic E-state index is 0. The van der Waals surface area contributed by atoms with E-state index in [9.17, 15) is 4.79 Å². The molecular weight excluding hydrogens is 517 g/mol. The third kappa shape index (κ3) is 8.11. The van der Waals surface area contributed by atoms with Crippen molar-refractivity contribution in [3.8, 4) is 5.75 Å². The topological polar surface area (TPSA) is 69.2 Å². The number of ether oxygens (including phenoxy) is 1. The van der Waals surface area contributed by atoms with Gasteiger partial charge in [-0.3, -0.25) is 9.69 Å². The van der Waals surface area contributed by atoms with Crippen LogP contribution in [0.1, 0.15) is 26.7 Å². The summed E-state index contributed by atoms with van der Waals surface area (Å²) in [5.74, 6) is 1.72. The number of carbonyl (C=O) groups excluding carboxylic acids is 1. The molecule has 1 aliphatic carbocycles. The predicted molar refractivity (Wildman–Crippen MR) is 132 cm³/mol. The molecule has 2 N–H and O–H groups in total. The monoisotopic (exact) mass is 549 g/mol. The minimum Gasteiger partial charge on any atom is -0.487 e. The molecule has 9 heteroatoms. The first-order valence-corrected chi connectivity index (χ1v) is 10.9.